The van der Waals surface area contributed by atoms with Gasteiger partial charge in [0.05, 0.1) is 17.3 Å². The molecule has 0 saturated heterocycles. The number of hydrogen-bond acceptors (Lipinski definition) is 5. The maximum Gasteiger partial charge on any atom is 0.180 e. The van der Waals surface area contributed by atoms with Gasteiger partial charge >= 0.3 is 0 Å². The first-order chi connectivity index (χ1) is 14.8. The normalized spacial score (nSPS) is 15.8. The summed E-state index contributed by atoms with van der Waals surface area (Å²) in [5.41, 5.74) is 3.64. The highest BCUT2D eigenvalue weighted by Gasteiger charge is 2.25. The summed E-state index contributed by atoms with van der Waals surface area (Å²) in [6.45, 7) is 1.37. The van der Waals surface area contributed by atoms with Gasteiger partial charge in [0.1, 0.15) is 24.0 Å². The number of anilines is 2. The molecule has 0 unspecified atom stereocenters. The first-order valence-corrected chi connectivity index (χ1v) is 10.6. The number of halogens is 1. The van der Waals surface area contributed by atoms with Crippen molar-refractivity contribution in [2.45, 2.75) is 19.3 Å². The van der Waals surface area contributed by atoms with Crippen LogP contribution in [0.5, 0.6) is 5.75 Å². The molecule has 6 nitrogen and oxygen atoms in total. The third-order valence-corrected chi connectivity index (χ3v) is 6.19. The average molecular weight is 418 g/mol. The second-order valence-corrected chi connectivity index (χ2v) is 8.25. The Morgan fingerprint density at radius 1 is 1.10 bits per heavy atom. The molecule has 1 aromatic carbocycles. The number of hydrogen-bond donors (Lipinski definition) is 0. The van der Waals surface area contributed by atoms with Crippen LogP contribution in [0.3, 0.4) is 0 Å². The Labute approximate surface area is 179 Å². The van der Waals surface area contributed by atoms with Gasteiger partial charge in [0.25, 0.3) is 0 Å². The fourth-order valence-corrected chi connectivity index (χ4v) is 4.35. The number of pyridine rings is 2. The van der Waals surface area contributed by atoms with Gasteiger partial charge in [-0.25, -0.2) is 4.98 Å². The fraction of sp³-hybridized carbons (Fsp3) is 0.261. The van der Waals surface area contributed by atoms with Gasteiger partial charge in [-0.15, -0.1) is 10.2 Å². The summed E-state index contributed by atoms with van der Waals surface area (Å²) in [6, 6.07) is 14.2. The van der Waals surface area contributed by atoms with E-state index >= 15 is 0 Å². The maximum absolute atomic E-state index is 6.76. The minimum Gasteiger partial charge on any atom is -0.490 e. The van der Waals surface area contributed by atoms with Gasteiger partial charge < -0.3 is 9.64 Å². The number of nitrogens with zero attached hydrogens (tertiary/aromatic N) is 5. The van der Waals surface area contributed by atoms with Gasteiger partial charge in [-0.1, -0.05) is 23.7 Å². The number of aromatic nitrogens is 4. The minimum absolute atomic E-state index is 0.606. The van der Waals surface area contributed by atoms with Crippen molar-refractivity contribution in [3.63, 3.8) is 0 Å². The highest BCUT2D eigenvalue weighted by Crippen LogP contribution is 2.41. The highest BCUT2D eigenvalue weighted by atomic mass is 35.5. The van der Waals surface area contributed by atoms with E-state index in [1.807, 2.05) is 47.1 Å². The van der Waals surface area contributed by atoms with E-state index in [0.29, 0.717) is 17.3 Å². The summed E-state index contributed by atoms with van der Waals surface area (Å²) >= 11 is 6.76. The predicted octanol–water partition coefficient (Wildman–Crippen LogP) is 4.93. The average Bonchev–Trinajstić information content (AvgIpc) is 3.52. The van der Waals surface area contributed by atoms with Crippen LogP contribution in [-0.2, 0) is 6.42 Å². The lowest BCUT2D eigenvalue weighted by Crippen LogP contribution is -2.29. The van der Waals surface area contributed by atoms with E-state index in [9.17, 15) is 0 Å². The van der Waals surface area contributed by atoms with Gasteiger partial charge in [0, 0.05) is 24.4 Å². The third-order valence-electron chi connectivity index (χ3n) is 5.82. The first kappa shape index (κ1) is 17.7. The first-order valence-electron chi connectivity index (χ1n) is 10.3. The van der Waals surface area contributed by atoms with Crippen LogP contribution in [0.4, 0.5) is 11.5 Å². The summed E-state index contributed by atoms with van der Waals surface area (Å²) in [6.07, 6.45) is 7.36. The summed E-state index contributed by atoms with van der Waals surface area (Å²) < 4.78 is 7.99. The van der Waals surface area contributed by atoms with Gasteiger partial charge in [0.2, 0.25) is 0 Å². The van der Waals surface area contributed by atoms with E-state index in [0.717, 1.165) is 53.1 Å². The third kappa shape index (κ3) is 2.99. The number of benzene rings is 1. The monoisotopic (exact) mass is 417 g/mol. The van der Waals surface area contributed by atoms with Crippen molar-refractivity contribution in [3.8, 4) is 16.9 Å². The molecular formula is C23H20ClN5O. The molecule has 0 amide bonds. The van der Waals surface area contributed by atoms with E-state index in [-0.39, 0.29) is 0 Å². The molecule has 6 rings (SSSR count). The molecule has 30 heavy (non-hydrogen) atoms. The zero-order valence-electron chi connectivity index (χ0n) is 16.3. The molecule has 1 saturated carbocycles. The quantitative estimate of drug-likeness (QED) is 0.471. The van der Waals surface area contributed by atoms with Crippen molar-refractivity contribution in [2.24, 2.45) is 5.92 Å². The van der Waals surface area contributed by atoms with Crippen LogP contribution in [0.25, 0.3) is 16.8 Å². The lowest BCUT2D eigenvalue weighted by Gasteiger charge is -2.30. The molecule has 4 heterocycles. The molecule has 0 N–H and O–H groups in total. The largest absolute Gasteiger partial charge is 0.490 e. The Morgan fingerprint density at radius 3 is 2.87 bits per heavy atom. The number of fused-ring (bicyclic) bond motifs is 2. The SMILES string of the molecule is Clc1c(-c2ccc3c(c2)OCCN3c2ccccn2)ccn2c(CC3CC3)nnc12. The summed E-state index contributed by atoms with van der Waals surface area (Å²) in [4.78, 5) is 6.67. The topological polar surface area (TPSA) is 55.5 Å². The number of rotatable bonds is 4. The molecule has 0 atom stereocenters. The maximum atomic E-state index is 6.76. The van der Waals surface area contributed by atoms with Crippen LogP contribution in [0, 0.1) is 5.92 Å². The molecule has 0 bridgehead atoms. The van der Waals surface area contributed by atoms with E-state index < -0.39 is 0 Å². The van der Waals surface area contributed by atoms with Gasteiger partial charge in [-0.3, -0.25) is 4.40 Å². The van der Waals surface area contributed by atoms with E-state index in [1.165, 1.54) is 12.8 Å². The van der Waals surface area contributed by atoms with E-state index in [1.54, 1.807) is 0 Å². The second kappa shape index (κ2) is 6.99. The predicted molar refractivity (Wildman–Crippen MR) is 117 cm³/mol. The van der Waals surface area contributed by atoms with Gasteiger partial charge in [0.15, 0.2) is 5.65 Å². The van der Waals surface area contributed by atoms with Crippen LogP contribution in [0.1, 0.15) is 18.7 Å². The van der Waals surface area contributed by atoms with Crippen molar-refractivity contribution in [2.75, 3.05) is 18.1 Å². The van der Waals surface area contributed by atoms with E-state index in [4.69, 9.17) is 16.3 Å². The molecule has 1 aliphatic carbocycles. The lowest BCUT2D eigenvalue weighted by atomic mass is 10.0. The molecule has 2 aliphatic rings. The molecule has 0 radical (unpaired) electrons. The van der Waals surface area contributed by atoms with Gasteiger partial charge in [-0.2, -0.15) is 0 Å². The van der Waals surface area contributed by atoms with Crippen molar-refractivity contribution in [1.82, 2.24) is 19.6 Å². The molecule has 1 fully saturated rings. The fourth-order valence-electron chi connectivity index (χ4n) is 4.05. The zero-order chi connectivity index (χ0) is 20.1. The van der Waals surface area contributed by atoms with Crippen LogP contribution >= 0.6 is 11.6 Å². The second-order valence-electron chi connectivity index (χ2n) is 7.87. The zero-order valence-corrected chi connectivity index (χ0v) is 17.1. The van der Waals surface area contributed by atoms with Crippen LogP contribution in [-0.4, -0.2) is 32.7 Å². The van der Waals surface area contributed by atoms with Crippen LogP contribution in [0.2, 0.25) is 5.02 Å². The molecule has 0 spiro atoms. The van der Waals surface area contributed by atoms with E-state index in [2.05, 4.69) is 32.2 Å². The minimum atomic E-state index is 0.606. The molecule has 4 aromatic rings. The van der Waals surface area contributed by atoms with Crippen molar-refractivity contribution in [1.29, 1.82) is 0 Å². The molecule has 3 aromatic heterocycles. The molecule has 1 aliphatic heterocycles. The highest BCUT2D eigenvalue weighted by molar-refractivity contribution is 6.36. The van der Waals surface area contributed by atoms with Crippen molar-refractivity contribution >= 4 is 28.8 Å². The summed E-state index contributed by atoms with van der Waals surface area (Å²) in [7, 11) is 0. The van der Waals surface area contributed by atoms with Gasteiger partial charge in [-0.05, 0) is 54.7 Å². The van der Waals surface area contributed by atoms with Crippen LogP contribution in [0.15, 0.2) is 54.9 Å². The molecular weight excluding hydrogens is 398 g/mol. The Bertz CT molecular complexity index is 1240. The van der Waals surface area contributed by atoms with Crippen LogP contribution < -0.4 is 9.64 Å². The molecule has 7 heteroatoms. The van der Waals surface area contributed by atoms with Crippen molar-refractivity contribution < 1.29 is 4.74 Å². The Balaban J connectivity index is 1.38. The molecule has 150 valence electrons. The van der Waals surface area contributed by atoms with Crippen molar-refractivity contribution in [3.05, 3.63) is 65.7 Å². The Kier molecular flexibility index (Phi) is 4.13. The smallest absolute Gasteiger partial charge is 0.180 e. The lowest BCUT2D eigenvalue weighted by molar-refractivity contribution is 0.314. The standard InChI is InChI=1S/C23H20ClN5O/c24-22-17(8-10-29-21(13-15-4-5-15)26-27-23(22)29)16-6-7-18-19(14-16)30-12-11-28(18)20-3-1-2-9-25-20/h1-3,6-10,14-15H,4-5,11-13H2. The summed E-state index contributed by atoms with van der Waals surface area (Å²) in [5, 5.41) is 9.35. The summed E-state index contributed by atoms with van der Waals surface area (Å²) in [5.74, 6) is 3.48. The Hall–Kier alpha value is -3.12. The Morgan fingerprint density at radius 2 is 2.03 bits per heavy atom. The number of ether oxygens (including phenoxy) is 1.